The molecule has 1 amide bonds. The van der Waals surface area contributed by atoms with Crippen LogP contribution in [0.1, 0.15) is 45.2 Å². The fourth-order valence-electron chi connectivity index (χ4n) is 2.89. The summed E-state index contributed by atoms with van der Waals surface area (Å²) < 4.78 is 5.58. The highest BCUT2D eigenvalue weighted by atomic mass is 16.6. The summed E-state index contributed by atoms with van der Waals surface area (Å²) in [4.78, 5) is 14.4. The van der Waals surface area contributed by atoms with Crippen LogP contribution in [0.3, 0.4) is 0 Å². The van der Waals surface area contributed by atoms with E-state index in [2.05, 4.69) is 17.4 Å². The van der Waals surface area contributed by atoms with E-state index in [1.165, 1.54) is 5.56 Å². The van der Waals surface area contributed by atoms with Gasteiger partial charge < -0.3 is 15.2 Å². The van der Waals surface area contributed by atoms with Gasteiger partial charge in [-0.05, 0) is 50.7 Å². The summed E-state index contributed by atoms with van der Waals surface area (Å²) in [5, 5.41) is 12.5. The zero-order valence-corrected chi connectivity index (χ0v) is 15.3. The molecule has 1 aromatic carbocycles. The van der Waals surface area contributed by atoms with Crippen molar-refractivity contribution in [1.29, 1.82) is 0 Å². The van der Waals surface area contributed by atoms with Gasteiger partial charge in [0.15, 0.2) is 0 Å². The Morgan fingerprint density at radius 3 is 2.83 bits per heavy atom. The lowest BCUT2D eigenvalue weighted by molar-refractivity contribution is 0.0577. The Balaban J connectivity index is 2.18. The topological polar surface area (TPSA) is 61.8 Å². The molecule has 1 atom stereocenters. The Labute approximate surface area is 145 Å². The van der Waals surface area contributed by atoms with Crippen LogP contribution in [0.5, 0.6) is 0 Å². The summed E-state index contributed by atoms with van der Waals surface area (Å²) in [5.41, 5.74) is 2.78. The average Bonchev–Trinajstić information content (AvgIpc) is 2.52. The number of fused-ring (bicyclic) bond motifs is 1. The molecule has 1 aromatic rings. The monoisotopic (exact) mass is 334 g/mol. The average molecular weight is 334 g/mol. The van der Waals surface area contributed by atoms with Gasteiger partial charge in [0, 0.05) is 26.2 Å². The number of carbonyl (C=O) groups is 1. The fraction of sp³-hybridized carbons (Fsp3) is 0.632. The molecule has 2 N–H and O–H groups in total. The normalized spacial score (nSPS) is 15.8. The number of aliphatic hydroxyl groups excluding tert-OH is 1. The molecule has 2 rings (SSSR count). The molecule has 5 nitrogen and oxygen atoms in total. The molecule has 1 heterocycles. The molecule has 0 fully saturated rings. The van der Waals surface area contributed by atoms with Crippen LogP contribution in [0.15, 0.2) is 18.2 Å². The Hall–Kier alpha value is -1.59. The lowest BCUT2D eigenvalue weighted by Crippen LogP contribution is -2.40. The van der Waals surface area contributed by atoms with Crippen molar-refractivity contribution in [3.8, 4) is 0 Å². The highest BCUT2D eigenvalue weighted by Gasteiger charge is 2.28. The van der Waals surface area contributed by atoms with Crippen LogP contribution in [-0.4, -0.2) is 36.5 Å². The second-order valence-corrected chi connectivity index (χ2v) is 7.58. The van der Waals surface area contributed by atoms with Crippen molar-refractivity contribution in [2.45, 2.75) is 52.7 Å². The van der Waals surface area contributed by atoms with Gasteiger partial charge in [0.2, 0.25) is 0 Å². The van der Waals surface area contributed by atoms with Crippen molar-refractivity contribution in [3.63, 3.8) is 0 Å². The van der Waals surface area contributed by atoms with Gasteiger partial charge in [0.25, 0.3) is 0 Å². The molecular formula is C19H30N2O3. The minimum absolute atomic E-state index is 0.171. The van der Waals surface area contributed by atoms with E-state index >= 15 is 0 Å². The van der Waals surface area contributed by atoms with E-state index in [1.807, 2.05) is 33.8 Å². The number of hydrogen-bond acceptors (Lipinski definition) is 4. The van der Waals surface area contributed by atoms with E-state index in [0.29, 0.717) is 13.1 Å². The maximum atomic E-state index is 12.6. The second-order valence-electron chi connectivity index (χ2n) is 7.58. The minimum Gasteiger partial charge on any atom is -0.443 e. The molecule has 134 valence electrons. The summed E-state index contributed by atoms with van der Waals surface area (Å²) >= 11 is 0. The molecule has 0 bridgehead atoms. The smallest absolute Gasteiger partial charge is 0.414 e. The van der Waals surface area contributed by atoms with E-state index < -0.39 is 5.60 Å². The first-order valence-corrected chi connectivity index (χ1v) is 8.74. The van der Waals surface area contributed by atoms with E-state index in [-0.39, 0.29) is 18.6 Å². The van der Waals surface area contributed by atoms with Crippen LogP contribution in [0.2, 0.25) is 0 Å². The van der Waals surface area contributed by atoms with Gasteiger partial charge >= 0.3 is 6.09 Å². The molecule has 0 saturated heterocycles. The number of para-hydroxylation sites is 1. The summed E-state index contributed by atoms with van der Waals surface area (Å²) in [6.45, 7) is 9.94. The van der Waals surface area contributed by atoms with Crippen LogP contribution in [0, 0.1) is 5.92 Å². The third-order valence-electron chi connectivity index (χ3n) is 4.03. The standard InChI is InChI=1S/C19H30N2O3/c1-14(13-22)11-20-12-16-8-5-7-15-9-6-10-21(17(15)16)18(23)24-19(2,3)4/h5,7-8,14,20,22H,6,9-13H2,1-4H3. The van der Waals surface area contributed by atoms with Gasteiger partial charge in [-0.3, -0.25) is 4.90 Å². The molecule has 5 heteroatoms. The van der Waals surface area contributed by atoms with Crippen molar-refractivity contribution in [1.82, 2.24) is 5.32 Å². The number of ether oxygens (including phenoxy) is 1. The number of nitrogens with one attached hydrogen (secondary N) is 1. The zero-order chi connectivity index (χ0) is 17.7. The Kier molecular flexibility index (Phi) is 6.24. The predicted octanol–water partition coefficient (Wildman–Crippen LogP) is 3.09. The predicted molar refractivity (Wildman–Crippen MR) is 96.3 cm³/mol. The van der Waals surface area contributed by atoms with Gasteiger partial charge in [-0.1, -0.05) is 25.1 Å². The summed E-state index contributed by atoms with van der Waals surface area (Å²) in [5.74, 6) is 0.214. The highest BCUT2D eigenvalue weighted by Crippen LogP contribution is 2.32. The van der Waals surface area contributed by atoms with E-state index in [0.717, 1.165) is 30.6 Å². The Morgan fingerprint density at radius 1 is 1.42 bits per heavy atom. The maximum Gasteiger partial charge on any atom is 0.414 e. The van der Waals surface area contributed by atoms with Gasteiger partial charge in [0.05, 0.1) is 5.69 Å². The molecule has 0 saturated carbocycles. The fourth-order valence-corrected chi connectivity index (χ4v) is 2.89. The van der Waals surface area contributed by atoms with Crippen molar-refractivity contribution in [3.05, 3.63) is 29.3 Å². The number of benzene rings is 1. The van der Waals surface area contributed by atoms with Crippen LogP contribution < -0.4 is 10.2 Å². The van der Waals surface area contributed by atoms with Gasteiger partial charge in [-0.25, -0.2) is 4.79 Å². The SMILES string of the molecule is CC(CO)CNCc1cccc2c1N(C(=O)OC(C)(C)C)CCC2. The van der Waals surface area contributed by atoms with Crippen molar-refractivity contribution in [2.24, 2.45) is 5.92 Å². The van der Waals surface area contributed by atoms with Crippen molar-refractivity contribution in [2.75, 3.05) is 24.6 Å². The van der Waals surface area contributed by atoms with E-state index in [1.54, 1.807) is 4.90 Å². The first-order valence-electron chi connectivity index (χ1n) is 8.74. The molecule has 1 unspecified atom stereocenters. The molecule has 0 aliphatic carbocycles. The quantitative estimate of drug-likeness (QED) is 0.869. The van der Waals surface area contributed by atoms with Crippen LogP contribution in [0.4, 0.5) is 10.5 Å². The molecular weight excluding hydrogens is 304 g/mol. The zero-order valence-electron chi connectivity index (χ0n) is 15.3. The number of hydrogen-bond donors (Lipinski definition) is 2. The summed E-state index contributed by atoms with van der Waals surface area (Å²) in [6.07, 6.45) is 1.65. The van der Waals surface area contributed by atoms with Gasteiger partial charge in [-0.15, -0.1) is 0 Å². The van der Waals surface area contributed by atoms with Crippen LogP contribution >= 0.6 is 0 Å². The van der Waals surface area contributed by atoms with E-state index in [9.17, 15) is 4.79 Å². The first-order chi connectivity index (χ1) is 11.3. The lowest BCUT2D eigenvalue weighted by atomic mass is 9.97. The maximum absolute atomic E-state index is 12.6. The number of amides is 1. The first kappa shape index (κ1) is 18.7. The second kappa shape index (κ2) is 7.99. The highest BCUT2D eigenvalue weighted by molar-refractivity contribution is 5.90. The van der Waals surface area contributed by atoms with Crippen LogP contribution in [-0.2, 0) is 17.7 Å². The summed E-state index contributed by atoms with van der Waals surface area (Å²) in [6, 6.07) is 6.19. The molecule has 0 spiro atoms. The summed E-state index contributed by atoms with van der Waals surface area (Å²) in [7, 11) is 0. The van der Waals surface area contributed by atoms with E-state index in [4.69, 9.17) is 9.84 Å². The number of rotatable bonds is 5. The third-order valence-corrected chi connectivity index (χ3v) is 4.03. The number of carbonyl (C=O) groups excluding carboxylic acids is 1. The number of nitrogens with zero attached hydrogens (tertiary/aromatic N) is 1. The Bertz CT molecular complexity index is 566. The number of aryl methyl sites for hydroxylation is 1. The lowest BCUT2D eigenvalue weighted by Gasteiger charge is -2.33. The van der Waals surface area contributed by atoms with Gasteiger partial charge in [0.1, 0.15) is 5.60 Å². The minimum atomic E-state index is -0.502. The van der Waals surface area contributed by atoms with Gasteiger partial charge in [-0.2, -0.15) is 0 Å². The molecule has 1 aliphatic rings. The largest absolute Gasteiger partial charge is 0.443 e. The Morgan fingerprint density at radius 2 is 2.17 bits per heavy atom. The molecule has 24 heavy (non-hydrogen) atoms. The number of anilines is 1. The molecule has 0 aromatic heterocycles. The number of aliphatic hydroxyl groups is 1. The molecule has 0 radical (unpaired) electrons. The third kappa shape index (κ3) is 4.95. The van der Waals surface area contributed by atoms with Crippen molar-refractivity contribution >= 4 is 11.8 Å². The van der Waals surface area contributed by atoms with Crippen molar-refractivity contribution < 1.29 is 14.6 Å². The van der Waals surface area contributed by atoms with Crippen LogP contribution in [0.25, 0.3) is 0 Å². The molecule has 1 aliphatic heterocycles.